The number of benzene rings is 1. The zero-order chi connectivity index (χ0) is 30.0. The number of aromatic nitrogens is 6. The van der Waals surface area contributed by atoms with Crippen LogP contribution in [0.3, 0.4) is 0 Å². The second kappa shape index (κ2) is 11.8. The van der Waals surface area contributed by atoms with Gasteiger partial charge in [0.05, 0.1) is 11.4 Å². The van der Waals surface area contributed by atoms with E-state index < -0.39 is 5.97 Å². The van der Waals surface area contributed by atoms with E-state index in [0.717, 1.165) is 10.1 Å². The van der Waals surface area contributed by atoms with Crippen molar-refractivity contribution in [3.05, 3.63) is 69.7 Å². The number of carbonyl (C=O) groups excluding carboxylic acids is 1. The Morgan fingerprint density at radius 1 is 1.07 bits per heavy atom. The molecule has 0 unspecified atom stereocenters. The highest BCUT2D eigenvalue weighted by atomic mass is 16.5. The van der Waals surface area contributed by atoms with Crippen molar-refractivity contribution in [1.82, 2.24) is 34.0 Å². The van der Waals surface area contributed by atoms with Gasteiger partial charge in [0.15, 0.2) is 11.4 Å². The van der Waals surface area contributed by atoms with Gasteiger partial charge in [-0.2, -0.15) is 9.50 Å². The average Bonchev–Trinajstić information content (AvgIpc) is 3.44. The molecule has 0 saturated carbocycles. The molecule has 1 aromatic carbocycles. The number of piperazine rings is 1. The van der Waals surface area contributed by atoms with Crippen LogP contribution in [0.5, 0.6) is 5.75 Å². The Hall–Kier alpha value is -5.01. The molecule has 220 valence electrons. The number of fused-ring (bicyclic) bond motifs is 1. The van der Waals surface area contributed by atoms with Crippen molar-refractivity contribution in [2.24, 2.45) is 0 Å². The van der Waals surface area contributed by atoms with Crippen LogP contribution in [0.4, 0.5) is 11.6 Å². The maximum atomic E-state index is 13.7. The first kappa shape index (κ1) is 28.5. The van der Waals surface area contributed by atoms with E-state index in [0.29, 0.717) is 61.4 Å². The summed E-state index contributed by atoms with van der Waals surface area (Å²) in [5.41, 5.74) is 2.23. The van der Waals surface area contributed by atoms with Crippen LogP contribution in [0.15, 0.2) is 41.5 Å². The molecule has 14 heteroatoms. The van der Waals surface area contributed by atoms with Crippen molar-refractivity contribution in [3.8, 4) is 5.75 Å². The first-order valence-corrected chi connectivity index (χ1v) is 13.6. The van der Waals surface area contributed by atoms with Gasteiger partial charge in [-0.1, -0.05) is 37.3 Å². The highest BCUT2D eigenvalue weighted by molar-refractivity contribution is 5.95. The SMILES string of the molecule is CCc1c(N2CCN(C(=O)c3ncnc(C)c3OCc3ccccc3)CC2)c(=O)n2nc(N(C)C)nc2n1CC(=O)O. The van der Waals surface area contributed by atoms with E-state index in [4.69, 9.17) is 4.74 Å². The number of anilines is 2. The second-order valence-corrected chi connectivity index (χ2v) is 10.1. The van der Waals surface area contributed by atoms with E-state index in [2.05, 4.69) is 20.1 Å². The van der Waals surface area contributed by atoms with Gasteiger partial charge in [0, 0.05) is 40.3 Å². The van der Waals surface area contributed by atoms with Gasteiger partial charge in [-0.3, -0.25) is 14.4 Å². The zero-order valence-corrected chi connectivity index (χ0v) is 24.0. The maximum Gasteiger partial charge on any atom is 0.323 e. The molecule has 0 radical (unpaired) electrons. The lowest BCUT2D eigenvalue weighted by molar-refractivity contribution is -0.137. The Bertz CT molecular complexity index is 1670. The quantitative estimate of drug-likeness (QED) is 0.307. The highest BCUT2D eigenvalue weighted by Crippen LogP contribution is 2.25. The number of carboxylic acid groups (broad SMARTS) is 1. The molecule has 0 aliphatic carbocycles. The predicted octanol–water partition coefficient (Wildman–Crippen LogP) is 1.24. The molecule has 0 atom stereocenters. The molecule has 1 amide bonds. The summed E-state index contributed by atoms with van der Waals surface area (Å²) in [5.74, 6) is -0.540. The van der Waals surface area contributed by atoms with Crippen molar-refractivity contribution < 1.29 is 19.4 Å². The van der Waals surface area contributed by atoms with E-state index in [-0.39, 0.29) is 36.1 Å². The highest BCUT2D eigenvalue weighted by Gasteiger charge is 2.30. The van der Waals surface area contributed by atoms with Crippen LogP contribution in [0.25, 0.3) is 5.78 Å². The minimum Gasteiger partial charge on any atom is -0.485 e. The largest absolute Gasteiger partial charge is 0.485 e. The molecule has 3 aromatic heterocycles. The van der Waals surface area contributed by atoms with Crippen LogP contribution >= 0.6 is 0 Å². The third-order valence-corrected chi connectivity index (χ3v) is 7.14. The van der Waals surface area contributed by atoms with Crippen LogP contribution in [-0.2, 0) is 24.4 Å². The first-order chi connectivity index (χ1) is 20.2. The van der Waals surface area contributed by atoms with Crippen molar-refractivity contribution >= 4 is 29.3 Å². The number of aryl methyl sites for hydroxylation is 1. The minimum absolute atomic E-state index is 0.169. The van der Waals surface area contributed by atoms with Gasteiger partial charge in [-0.25, -0.2) is 9.97 Å². The molecule has 1 saturated heterocycles. The molecule has 42 heavy (non-hydrogen) atoms. The second-order valence-electron chi connectivity index (χ2n) is 10.1. The summed E-state index contributed by atoms with van der Waals surface area (Å²) < 4.78 is 8.69. The summed E-state index contributed by atoms with van der Waals surface area (Å²) in [5, 5.41) is 14.0. The third kappa shape index (κ3) is 5.47. The number of carboxylic acids is 1. The molecule has 1 fully saturated rings. The molecular weight excluding hydrogens is 542 g/mol. The summed E-state index contributed by atoms with van der Waals surface area (Å²) in [7, 11) is 3.49. The van der Waals surface area contributed by atoms with E-state index in [1.54, 1.807) is 30.8 Å². The fourth-order valence-corrected chi connectivity index (χ4v) is 5.04. The molecule has 4 heterocycles. The number of nitrogens with zero attached hydrogens (tertiary/aromatic N) is 9. The predicted molar refractivity (Wildman–Crippen MR) is 154 cm³/mol. The molecule has 0 bridgehead atoms. The Labute approximate surface area is 241 Å². The summed E-state index contributed by atoms with van der Waals surface area (Å²) in [6.07, 6.45) is 1.75. The number of amides is 1. The van der Waals surface area contributed by atoms with Gasteiger partial charge in [0.25, 0.3) is 11.5 Å². The maximum absolute atomic E-state index is 13.7. The molecular formula is C28H33N9O5. The van der Waals surface area contributed by atoms with Crippen molar-refractivity contribution in [1.29, 1.82) is 0 Å². The first-order valence-electron chi connectivity index (χ1n) is 13.6. The lowest BCUT2D eigenvalue weighted by Gasteiger charge is -2.36. The number of rotatable bonds is 9. The van der Waals surface area contributed by atoms with Crippen molar-refractivity contribution in [3.63, 3.8) is 0 Å². The number of hydrogen-bond donors (Lipinski definition) is 1. The van der Waals surface area contributed by atoms with Gasteiger partial charge in [-0.05, 0) is 18.9 Å². The number of hydrogen-bond acceptors (Lipinski definition) is 10. The number of carbonyl (C=O) groups is 2. The molecule has 5 rings (SSSR count). The summed E-state index contributed by atoms with van der Waals surface area (Å²) in [4.78, 5) is 57.2. The Balaban J connectivity index is 1.41. The van der Waals surface area contributed by atoms with E-state index in [1.165, 1.54) is 10.9 Å². The topological polar surface area (TPSA) is 151 Å². The molecule has 1 aliphatic heterocycles. The minimum atomic E-state index is -1.06. The van der Waals surface area contributed by atoms with Gasteiger partial charge in [-0.15, -0.1) is 5.10 Å². The molecule has 4 aromatic rings. The van der Waals surface area contributed by atoms with E-state index >= 15 is 0 Å². The smallest absolute Gasteiger partial charge is 0.323 e. The van der Waals surface area contributed by atoms with Crippen LogP contribution in [-0.4, -0.2) is 91.3 Å². The zero-order valence-electron chi connectivity index (χ0n) is 24.0. The van der Waals surface area contributed by atoms with Crippen LogP contribution in [0, 0.1) is 6.92 Å². The van der Waals surface area contributed by atoms with Crippen molar-refractivity contribution in [2.75, 3.05) is 50.1 Å². The fraction of sp³-hybridized carbons (Fsp3) is 0.393. The Kier molecular flexibility index (Phi) is 8.04. The third-order valence-electron chi connectivity index (χ3n) is 7.14. The number of ether oxygens (including phenoxy) is 1. The van der Waals surface area contributed by atoms with Gasteiger partial charge < -0.3 is 29.1 Å². The van der Waals surface area contributed by atoms with Gasteiger partial charge in [0.2, 0.25) is 11.7 Å². The van der Waals surface area contributed by atoms with Gasteiger partial charge in [0.1, 0.15) is 25.2 Å². The van der Waals surface area contributed by atoms with Crippen LogP contribution in [0.1, 0.15) is 34.4 Å². The standard InChI is InChI=1S/C28H33N9O5/c1-5-20-23(26(41)37-28(36(20)15-21(38)39)31-27(32-37)33(3)4)34-11-13-35(14-12-34)25(40)22-24(18(2)29-17-30-22)42-16-19-9-7-6-8-10-19/h6-10,17H,5,11-16H2,1-4H3,(H,38,39). The summed E-state index contributed by atoms with van der Waals surface area (Å²) in [6, 6.07) is 9.63. The molecule has 1 aliphatic rings. The van der Waals surface area contributed by atoms with Crippen LogP contribution < -0.4 is 20.1 Å². The molecule has 0 spiro atoms. The van der Waals surface area contributed by atoms with Gasteiger partial charge >= 0.3 is 5.97 Å². The summed E-state index contributed by atoms with van der Waals surface area (Å²) >= 11 is 0. The molecule has 1 N–H and O–H groups in total. The lowest BCUT2D eigenvalue weighted by Crippen LogP contribution is -2.51. The Morgan fingerprint density at radius 3 is 2.43 bits per heavy atom. The monoisotopic (exact) mass is 575 g/mol. The fourth-order valence-electron chi connectivity index (χ4n) is 5.04. The van der Waals surface area contributed by atoms with Crippen molar-refractivity contribution in [2.45, 2.75) is 33.4 Å². The molecule has 14 nitrogen and oxygen atoms in total. The number of aliphatic carboxylic acids is 1. The normalized spacial score (nSPS) is 13.4. The lowest BCUT2D eigenvalue weighted by atomic mass is 10.2. The van der Waals surface area contributed by atoms with E-state index in [1.807, 2.05) is 42.2 Å². The Morgan fingerprint density at radius 2 is 1.79 bits per heavy atom. The summed E-state index contributed by atoms with van der Waals surface area (Å²) in [6.45, 7) is 4.88. The van der Waals surface area contributed by atoms with Crippen LogP contribution in [0.2, 0.25) is 0 Å². The van der Waals surface area contributed by atoms with E-state index in [9.17, 15) is 19.5 Å². The average molecular weight is 576 g/mol.